The Hall–Kier alpha value is -1.81. The predicted molar refractivity (Wildman–Crippen MR) is 92.9 cm³/mol. The van der Waals surface area contributed by atoms with Gasteiger partial charge in [0.15, 0.2) is 0 Å². The van der Waals surface area contributed by atoms with E-state index in [9.17, 15) is 9.90 Å². The van der Waals surface area contributed by atoms with Crippen molar-refractivity contribution < 1.29 is 9.90 Å². The average Bonchev–Trinajstić information content (AvgIpc) is 2.91. The first-order valence-electron chi connectivity index (χ1n) is 8.49. The molecule has 3 N–H and O–H groups in total. The maximum atomic E-state index is 12.8. The van der Waals surface area contributed by atoms with E-state index in [2.05, 4.69) is 36.3 Å². The highest BCUT2D eigenvalue weighted by Gasteiger charge is 2.34. The summed E-state index contributed by atoms with van der Waals surface area (Å²) in [7, 11) is 0. The van der Waals surface area contributed by atoms with Crippen LogP contribution in [-0.2, 0) is 0 Å². The fraction of sp³-hybridized carbons (Fsp3) is 0.526. The first-order valence-corrected chi connectivity index (χ1v) is 8.49. The first-order chi connectivity index (χ1) is 11.0. The standard InChI is InChI=1S/C19H26N2O2/c1-12-7-8-13(2)16-15(12)14(3)17(20-16)18(23)21-19(11-22)9-5-4-6-10-19/h7-8,20,22H,4-6,9-11H2,1-3H3,(H,21,23). The summed E-state index contributed by atoms with van der Waals surface area (Å²) in [5.41, 5.74) is 4.51. The van der Waals surface area contributed by atoms with Gasteiger partial charge < -0.3 is 15.4 Å². The maximum Gasteiger partial charge on any atom is 0.268 e. The fourth-order valence-electron chi connectivity index (χ4n) is 3.88. The molecule has 1 aromatic heterocycles. The number of carbonyl (C=O) groups is 1. The highest BCUT2D eigenvalue weighted by Crippen LogP contribution is 2.30. The Kier molecular flexibility index (Phi) is 4.19. The number of aliphatic hydroxyl groups is 1. The minimum atomic E-state index is -0.455. The van der Waals surface area contributed by atoms with Crippen LogP contribution in [0.3, 0.4) is 0 Å². The van der Waals surface area contributed by atoms with Crippen molar-refractivity contribution in [1.29, 1.82) is 0 Å². The molecular weight excluding hydrogens is 288 g/mol. The summed E-state index contributed by atoms with van der Waals surface area (Å²) in [5, 5.41) is 14.1. The molecule has 0 radical (unpaired) electrons. The number of H-pyrrole nitrogens is 1. The minimum Gasteiger partial charge on any atom is -0.394 e. The molecule has 124 valence electrons. The molecule has 1 saturated carbocycles. The molecule has 0 aliphatic heterocycles. The maximum absolute atomic E-state index is 12.8. The lowest BCUT2D eigenvalue weighted by atomic mass is 9.82. The van der Waals surface area contributed by atoms with E-state index in [0.29, 0.717) is 5.69 Å². The van der Waals surface area contributed by atoms with E-state index >= 15 is 0 Å². The summed E-state index contributed by atoms with van der Waals surface area (Å²) in [6, 6.07) is 4.17. The van der Waals surface area contributed by atoms with Gasteiger partial charge in [0.1, 0.15) is 5.69 Å². The summed E-state index contributed by atoms with van der Waals surface area (Å²) in [5.74, 6) is -0.103. The SMILES string of the molecule is Cc1ccc(C)c2c(C)c(C(=O)NC3(CO)CCCCC3)[nH]c12. The number of benzene rings is 1. The van der Waals surface area contributed by atoms with Crippen LogP contribution in [0.4, 0.5) is 0 Å². The number of hydrogen-bond acceptors (Lipinski definition) is 2. The van der Waals surface area contributed by atoms with E-state index in [1.165, 1.54) is 12.0 Å². The molecular formula is C19H26N2O2. The number of nitrogens with one attached hydrogen (secondary N) is 2. The van der Waals surface area contributed by atoms with Gasteiger partial charge >= 0.3 is 0 Å². The Morgan fingerprint density at radius 3 is 2.43 bits per heavy atom. The van der Waals surface area contributed by atoms with E-state index in [0.717, 1.165) is 47.7 Å². The van der Waals surface area contributed by atoms with Gasteiger partial charge in [-0.05, 0) is 50.3 Å². The molecule has 0 spiro atoms. The van der Waals surface area contributed by atoms with Gasteiger partial charge in [-0.1, -0.05) is 31.4 Å². The van der Waals surface area contributed by atoms with Gasteiger partial charge in [0.25, 0.3) is 5.91 Å². The van der Waals surface area contributed by atoms with E-state index in [1.807, 2.05) is 6.92 Å². The summed E-state index contributed by atoms with van der Waals surface area (Å²) >= 11 is 0. The molecule has 1 aromatic carbocycles. The largest absolute Gasteiger partial charge is 0.394 e. The Balaban J connectivity index is 1.96. The number of aromatic nitrogens is 1. The van der Waals surface area contributed by atoms with Crippen molar-refractivity contribution in [1.82, 2.24) is 10.3 Å². The van der Waals surface area contributed by atoms with Crippen LogP contribution in [0.2, 0.25) is 0 Å². The van der Waals surface area contributed by atoms with Gasteiger partial charge in [0.05, 0.1) is 12.1 Å². The van der Waals surface area contributed by atoms with Gasteiger partial charge in [-0.2, -0.15) is 0 Å². The summed E-state index contributed by atoms with van der Waals surface area (Å²) in [4.78, 5) is 16.1. The monoisotopic (exact) mass is 314 g/mol. The third-order valence-electron chi connectivity index (χ3n) is 5.34. The van der Waals surface area contributed by atoms with E-state index in [4.69, 9.17) is 0 Å². The van der Waals surface area contributed by atoms with Crippen LogP contribution in [0.25, 0.3) is 10.9 Å². The van der Waals surface area contributed by atoms with Crippen LogP contribution in [-0.4, -0.2) is 28.1 Å². The number of aryl methyl sites for hydroxylation is 3. The molecule has 0 unspecified atom stereocenters. The van der Waals surface area contributed by atoms with Crippen molar-refractivity contribution in [3.63, 3.8) is 0 Å². The molecule has 0 atom stereocenters. The average molecular weight is 314 g/mol. The molecule has 1 aliphatic carbocycles. The molecule has 0 bridgehead atoms. The Morgan fingerprint density at radius 1 is 1.17 bits per heavy atom. The molecule has 1 heterocycles. The smallest absolute Gasteiger partial charge is 0.268 e. The van der Waals surface area contributed by atoms with Crippen molar-refractivity contribution in [2.75, 3.05) is 6.61 Å². The molecule has 0 saturated heterocycles. The summed E-state index contributed by atoms with van der Waals surface area (Å²) < 4.78 is 0. The highest BCUT2D eigenvalue weighted by atomic mass is 16.3. The second kappa shape index (κ2) is 6.00. The minimum absolute atomic E-state index is 0.00999. The van der Waals surface area contributed by atoms with E-state index in [1.54, 1.807) is 0 Å². The van der Waals surface area contributed by atoms with Crippen molar-refractivity contribution in [3.05, 3.63) is 34.5 Å². The molecule has 4 heteroatoms. The van der Waals surface area contributed by atoms with Crippen LogP contribution in [0.15, 0.2) is 12.1 Å². The topological polar surface area (TPSA) is 65.1 Å². The lowest BCUT2D eigenvalue weighted by molar-refractivity contribution is 0.0754. The Bertz CT molecular complexity index is 739. The van der Waals surface area contributed by atoms with E-state index < -0.39 is 5.54 Å². The number of carbonyl (C=O) groups excluding carboxylic acids is 1. The Morgan fingerprint density at radius 2 is 1.83 bits per heavy atom. The quantitative estimate of drug-likeness (QED) is 0.811. The highest BCUT2D eigenvalue weighted by molar-refractivity contribution is 6.02. The number of aliphatic hydroxyl groups excluding tert-OH is 1. The van der Waals surface area contributed by atoms with Crippen molar-refractivity contribution in [2.24, 2.45) is 0 Å². The van der Waals surface area contributed by atoms with Gasteiger partial charge in [0, 0.05) is 10.9 Å². The van der Waals surface area contributed by atoms with Crippen molar-refractivity contribution >= 4 is 16.8 Å². The molecule has 1 amide bonds. The molecule has 1 fully saturated rings. The number of fused-ring (bicyclic) bond motifs is 1. The van der Waals surface area contributed by atoms with Crippen LogP contribution in [0, 0.1) is 20.8 Å². The van der Waals surface area contributed by atoms with Crippen LogP contribution in [0.5, 0.6) is 0 Å². The summed E-state index contributed by atoms with van der Waals surface area (Å²) in [6.45, 7) is 6.12. The number of hydrogen-bond donors (Lipinski definition) is 3. The molecule has 3 rings (SSSR count). The fourth-order valence-corrected chi connectivity index (χ4v) is 3.88. The van der Waals surface area contributed by atoms with Gasteiger partial charge in [-0.25, -0.2) is 0 Å². The van der Waals surface area contributed by atoms with Gasteiger partial charge in [0.2, 0.25) is 0 Å². The van der Waals surface area contributed by atoms with Gasteiger partial charge in [-0.3, -0.25) is 4.79 Å². The van der Waals surface area contributed by atoms with Crippen LogP contribution >= 0.6 is 0 Å². The molecule has 4 nitrogen and oxygen atoms in total. The normalized spacial score (nSPS) is 17.4. The molecule has 2 aromatic rings. The molecule has 1 aliphatic rings. The third-order valence-corrected chi connectivity index (χ3v) is 5.34. The number of amides is 1. The molecule has 23 heavy (non-hydrogen) atoms. The zero-order valence-corrected chi connectivity index (χ0v) is 14.3. The zero-order chi connectivity index (χ0) is 16.6. The first kappa shape index (κ1) is 16.1. The third kappa shape index (κ3) is 2.76. The van der Waals surface area contributed by atoms with Gasteiger partial charge in [-0.15, -0.1) is 0 Å². The number of rotatable bonds is 3. The number of aromatic amines is 1. The zero-order valence-electron chi connectivity index (χ0n) is 14.3. The van der Waals surface area contributed by atoms with Crippen molar-refractivity contribution in [2.45, 2.75) is 58.4 Å². The predicted octanol–water partition coefficient (Wildman–Crippen LogP) is 3.52. The van der Waals surface area contributed by atoms with E-state index in [-0.39, 0.29) is 12.5 Å². The lowest BCUT2D eigenvalue weighted by Crippen LogP contribution is -2.52. The second-order valence-corrected chi connectivity index (χ2v) is 7.03. The summed E-state index contributed by atoms with van der Waals surface area (Å²) in [6.07, 6.45) is 5.01. The second-order valence-electron chi connectivity index (χ2n) is 7.03. The Labute approximate surface area is 137 Å². The van der Waals surface area contributed by atoms with Crippen LogP contribution < -0.4 is 5.32 Å². The van der Waals surface area contributed by atoms with Crippen molar-refractivity contribution in [3.8, 4) is 0 Å². The van der Waals surface area contributed by atoms with Crippen LogP contribution in [0.1, 0.15) is 59.3 Å². The lowest BCUT2D eigenvalue weighted by Gasteiger charge is -2.36.